The molecule has 2 aromatic heterocycles. The molecule has 186 valence electrons. The summed E-state index contributed by atoms with van der Waals surface area (Å²) in [7, 11) is 1.62. The Bertz CT molecular complexity index is 1270. The normalized spacial score (nSPS) is 13.3. The van der Waals surface area contributed by atoms with E-state index >= 15 is 0 Å². The van der Waals surface area contributed by atoms with E-state index in [-0.39, 0.29) is 24.3 Å². The van der Waals surface area contributed by atoms with Gasteiger partial charge in [0.1, 0.15) is 16.8 Å². The van der Waals surface area contributed by atoms with Gasteiger partial charge in [0.15, 0.2) is 0 Å². The van der Waals surface area contributed by atoms with Gasteiger partial charge in [-0.25, -0.2) is 4.79 Å². The number of amides is 3. The average molecular weight is 504 g/mol. The van der Waals surface area contributed by atoms with Crippen molar-refractivity contribution in [3.63, 3.8) is 0 Å². The average Bonchev–Trinajstić information content (AvgIpc) is 3.24. The number of carbonyl (C=O) groups excluding carboxylic acids is 2. The van der Waals surface area contributed by atoms with Crippen LogP contribution in [0.25, 0.3) is 0 Å². The Hall–Kier alpha value is -3.90. The molecule has 9 heteroatoms. The first-order chi connectivity index (χ1) is 17.5. The van der Waals surface area contributed by atoms with Gasteiger partial charge in [-0.15, -0.1) is 11.3 Å². The predicted molar refractivity (Wildman–Crippen MR) is 139 cm³/mol. The number of ether oxygens (including phenoxy) is 1. The third-order valence-corrected chi connectivity index (χ3v) is 7.44. The highest BCUT2D eigenvalue weighted by molar-refractivity contribution is 7.16. The second kappa shape index (κ2) is 11.7. The minimum Gasteiger partial charge on any atom is -0.496 e. The lowest BCUT2D eigenvalue weighted by molar-refractivity contribution is -0.116. The Morgan fingerprint density at radius 2 is 2.03 bits per heavy atom. The van der Waals surface area contributed by atoms with Crippen molar-refractivity contribution in [1.82, 2.24) is 15.2 Å². The molecular weight excluding hydrogens is 474 g/mol. The van der Waals surface area contributed by atoms with Crippen LogP contribution in [0.15, 0.2) is 48.8 Å². The molecule has 0 bridgehead atoms. The van der Waals surface area contributed by atoms with Crippen molar-refractivity contribution in [3.8, 4) is 11.8 Å². The molecule has 0 fully saturated rings. The number of rotatable bonds is 8. The SMILES string of the molecule is COc1ccccc1[C@@H](C)CC(=O)Nc1sc2c(c1C#N)CCN(C(=O)NCCc1ccncc1)C2. The molecule has 0 radical (unpaired) electrons. The number of hydrogen-bond acceptors (Lipinski definition) is 6. The van der Waals surface area contributed by atoms with Gasteiger partial charge in [-0.3, -0.25) is 9.78 Å². The molecule has 1 aliphatic heterocycles. The van der Waals surface area contributed by atoms with E-state index in [4.69, 9.17) is 4.74 Å². The molecule has 0 saturated carbocycles. The smallest absolute Gasteiger partial charge is 0.317 e. The molecule has 3 heterocycles. The van der Waals surface area contributed by atoms with Gasteiger partial charge in [-0.1, -0.05) is 25.1 Å². The molecular formula is C27H29N5O3S. The number of aromatic nitrogens is 1. The number of pyridine rings is 1. The van der Waals surface area contributed by atoms with E-state index in [9.17, 15) is 14.9 Å². The van der Waals surface area contributed by atoms with Gasteiger partial charge < -0.3 is 20.3 Å². The Kier molecular flexibility index (Phi) is 8.18. The monoisotopic (exact) mass is 503 g/mol. The zero-order valence-electron chi connectivity index (χ0n) is 20.4. The minimum atomic E-state index is -0.158. The lowest BCUT2D eigenvalue weighted by atomic mass is 9.96. The first-order valence-corrected chi connectivity index (χ1v) is 12.7. The molecule has 1 aromatic carbocycles. The number of nitrogens with zero attached hydrogens (tertiary/aromatic N) is 3. The van der Waals surface area contributed by atoms with Crippen molar-refractivity contribution in [2.45, 2.75) is 38.6 Å². The second-order valence-electron chi connectivity index (χ2n) is 8.72. The van der Waals surface area contributed by atoms with Crippen molar-refractivity contribution >= 4 is 28.3 Å². The van der Waals surface area contributed by atoms with E-state index in [1.165, 1.54) is 11.3 Å². The number of carbonyl (C=O) groups is 2. The summed E-state index contributed by atoms with van der Waals surface area (Å²) in [6, 6.07) is 13.7. The number of hydrogen-bond donors (Lipinski definition) is 2. The molecule has 0 spiro atoms. The molecule has 3 aromatic rings. The molecule has 2 N–H and O–H groups in total. The van der Waals surface area contributed by atoms with Crippen molar-refractivity contribution in [2.75, 3.05) is 25.5 Å². The van der Waals surface area contributed by atoms with Gasteiger partial charge >= 0.3 is 6.03 Å². The van der Waals surface area contributed by atoms with Crippen LogP contribution in [0.3, 0.4) is 0 Å². The zero-order chi connectivity index (χ0) is 25.5. The number of nitriles is 1. The second-order valence-corrected chi connectivity index (χ2v) is 9.83. The highest BCUT2D eigenvalue weighted by Crippen LogP contribution is 2.37. The van der Waals surface area contributed by atoms with E-state index in [0.29, 0.717) is 36.6 Å². The summed E-state index contributed by atoms with van der Waals surface area (Å²) in [5.74, 6) is 0.545. The van der Waals surface area contributed by atoms with Crippen LogP contribution in [0.2, 0.25) is 0 Å². The number of anilines is 1. The van der Waals surface area contributed by atoms with E-state index in [2.05, 4.69) is 21.7 Å². The van der Waals surface area contributed by atoms with Gasteiger partial charge in [0.05, 0.1) is 19.2 Å². The van der Waals surface area contributed by atoms with Gasteiger partial charge in [0.2, 0.25) is 5.91 Å². The number of thiophene rings is 1. The van der Waals surface area contributed by atoms with E-state index in [0.717, 1.165) is 33.7 Å². The third kappa shape index (κ3) is 5.83. The van der Waals surface area contributed by atoms with Crippen LogP contribution in [-0.4, -0.2) is 42.0 Å². The molecule has 0 aliphatic carbocycles. The van der Waals surface area contributed by atoms with Gasteiger partial charge in [-0.2, -0.15) is 5.26 Å². The van der Waals surface area contributed by atoms with E-state index in [1.807, 2.05) is 43.3 Å². The lowest BCUT2D eigenvalue weighted by Crippen LogP contribution is -2.43. The van der Waals surface area contributed by atoms with E-state index < -0.39 is 0 Å². The molecule has 1 atom stereocenters. The number of para-hydroxylation sites is 1. The summed E-state index contributed by atoms with van der Waals surface area (Å²) in [6.45, 7) is 3.46. The Labute approximate surface area is 214 Å². The fourth-order valence-electron chi connectivity index (χ4n) is 4.40. The third-order valence-electron chi connectivity index (χ3n) is 6.31. The summed E-state index contributed by atoms with van der Waals surface area (Å²) in [5.41, 5.74) is 3.51. The Morgan fingerprint density at radius 1 is 1.25 bits per heavy atom. The number of methoxy groups -OCH3 is 1. The largest absolute Gasteiger partial charge is 0.496 e. The Morgan fingerprint density at radius 3 is 2.78 bits per heavy atom. The predicted octanol–water partition coefficient (Wildman–Crippen LogP) is 4.47. The maximum Gasteiger partial charge on any atom is 0.317 e. The quantitative estimate of drug-likeness (QED) is 0.472. The van der Waals surface area contributed by atoms with Crippen molar-refractivity contribution in [3.05, 3.63) is 75.9 Å². The van der Waals surface area contributed by atoms with Gasteiger partial charge in [-0.05, 0) is 53.6 Å². The molecule has 1 aliphatic rings. The molecule has 0 saturated heterocycles. The fraction of sp³-hybridized carbons (Fsp3) is 0.333. The molecule has 36 heavy (non-hydrogen) atoms. The number of fused-ring (bicyclic) bond motifs is 1. The summed E-state index contributed by atoms with van der Waals surface area (Å²) >= 11 is 1.38. The van der Waals surface area contributed by atoms with Gasteiger partial charge in [0.25, 0.3) is 0 Å². The highest BCUT2D eigenvalue weighted by Gasteiger charge is 2.28. The Balaban J connectivity index is 1.36. The summed E-state index contributed by atoms with van der Waals surface area (Å²) in [4.78, 5) is 32.3. The summed E-state index contributed by atoms with van der Waals surface area (Å²) in [5, 5.41) is 16.3. The fourth-order valence-corrected chi connectivity index (χ4v) is 5.63. The number of urea groups is 1. The van der Waals surface area contributed by atoms with Crippen LogP contribution < -0.4 is 15.4 Å². The van der Waals surface area contributed by atoms with Crippen LogP contribution in [-0.2, 0) is 24.2 Å². The highest BCUT2D eigenvalue weighted by atomic mass is 32.1. The van der Waals surface area contributed by atoms with Crippen LogP contribution in [0.1, 0.15) is 46.4 Å². The standard InChI is InChI=1S/C27H29N5O3S/c1-18(20-5-3-4-6-23(20)35-2)15-25(33)31-26-22(16-28)21-10-14-32(17-24(21)36-26)27(34)30-13-9-19-7-11-29-12-8-19/h3-8,11-12,18H,9-10,13-15,17H2,1-2H3,(H,30,34)(H,31,33)/t18-/m0/s1. The molecule has 4 rings (SSSR count). The number of nitrogens with one attached hydrogen (secondary N) is 2. The van der Waals surface area contributed by atoms with E-state index in [1.54, 1.807) is 24.4 Å². The van der Waals surface area contributed by atoms with Crippen molar-refractivity contribution in [2.24, 2.45) is 0 Å². The zero-order valence-corrected chi connectivity index (χ0v) is 21.2. The topological polar surface area (TPSA) is 107 Å². The lowest BCUT2D eigenvalue weighted by Gasteiger charge is -2.27. The van der Waals surface area contributed by atoms with Crippen LogP contribution in [0.4, 0.5) is 9.80 Å². The molecule has 0 unspecified atom stereocenters. The summed E-state index contributed by atoms with van der Waals surface area (Å²) < 4.78 is 5.42. The maximum atomic E-state index is 12.9. The van der Waals surface area contributed by atoms with Crippen LogP contribution in [0, 0.1) is 11.3 Å². The first-order valence-electron chi connectivity index (χ1n) is 11.9. The van der Waals surface area contributed by atoms with Crippen LogP contribution in [0.5, 0.6) is 5.75 Å². The number of benzene rings is 1. The maximum absolute atomic E-state index is 12.9. The van der Waals surface area contributed by atoms with Gasteiger partial charge in [0, 0.05) is 36.8 Å². The van der Waals surface area contributed by atoms with Crippen LogP contribution >= 0.6 is 11.3 Å². The molecule has 8 nitrogen and oxygen atoms in total. The first kappa shape index (κ1) is 25.2. The van der Waals surface area contributed by atoms with Crippen molar-refractivity contribution < 1.29 is 14.3 Å². The summed E-state index contributed by atoms with van der Waals surface area (Å²) in [6.07, 6.45) is 5.05. The minimum absolute atomic E-state index is 0.0485. The molecule has 3 amide bonds. The van der Waals surface area contributed by atoms with Crippen molar-refractivity contribution in [1.29, 1.82) is 5.26 Å².